The Hall–Kier alpha value is -1.25. The number of thiophene rings is 1. The van der Waals surface area contributed by atoms with E-state index in [-0.39, 0.29) is 29.6 Å². The van der Waals surface area contributed by atoms with Crippen molar-refractivity contribution >= 4 is 34.7 Å². The van der Waals surface area contributed by atoms with Gasteiger partial charge in [-0.1, -0.05) is 11.3 Å². The van der Waals surface area contributed by atoms with Crippen LogP contribution >= 0.6 is 23.7 Å². The Morgan fingerprint density at radius 1 is 1.72 bits per heavy atom. The van der Waals surface area contributed by atoms with Gasteiger partial charge < -0.3 is 10.5 Å². The highest BCUT2D eigenvalue weighted by molar-refractivity contribution is 7.13. The first-order chi connectivity index (χ1) is 7.97. The number of halogens is 2. The molecule has 0 aliphatic heterocycles. The molecule has 9 heteroatoms. The Kier molecular flexibility index (Phi) is 6.74. The number of hydrogen-bond donors (Lipinski definition) is 1. The van der Waals surface area contributed by atoms with E-state index in [4.69, 9.17) is 5.73 Å². The summed E-state index contributed by atoms with van der Waals surface area (Å²) in [5, 5.41) is 11.6. The van der Waals surface area contributed by atoms with E-state index in [0.717, 1.165) is 17.4 Å². The van der Waals surface area contributed by atoms with Gasteiger partial charge in [0.2, 0.25) is 6.17 Å². The Morgan fingerprint density at radius 2 is 2.33 bits per heavy atom. The smallest absolute Gasteiger partial charge is 0.342 e. The second-order valence-electron chi connectivity index (χ2n) is 3.15. The van der Waals surface area contributed by atoms with Gasteiger partial charge in [-0.05, 0) is 12.5 Å². The number of nitrogens with two attached hydrogens (primary N) is 1. The van der Waals surface area contributed by atoms with Crippen LogP contribution in [0.1, 0.15) is 18.5 Å². The fourth-order valence-electron chi connectivity index (χ4n) is 1.15. The molecule has 0 saturated carbocycles. The van der Waals surface area contributed by atoms with Crippen molar-refractivity contribution in [3.8, 4) is 0 Å². The molecular weight excluding hydrogens is 287 g/mol. The van der Waals surface area contributed by atoms with E-state index in [1.807, 2.05) is 0 Å². The molecule has 0 aliphatic carbocycles. The van der Waals surface area contributed by atoms with Gasteiger partial charge in [0.05, 0.1) is 17.6 Å². The Morgan fingerprint density at radius 3 is 2.78 bits per heavy atom. The second kappa shape index (κ2) is 7.24. The van der Waals surface area contributed by atoms with E-state index < -0.39 is 23.1 Å². The molecule has 1 rings (SSSR count). The maximum atomic E-state index is 13.5. The number of nitrogens with zero attached hydrogens (tertiary/aromatic N) is 1. The number of carbonyl (C=O) groups excluding carboxylic acids is 1. The number of nitro groups is 1. The van der Waals surface area contributed by atoms with Crippen molar-refractivity contribution in [2.75, 3.05) is 6.61 Å². The van der Waals surface area contributed by atoms with E-state index in [9.17, 15) is 19.3 Å². The molecule has 1 aromatic heterocycles. The molecule has 0 bridgehead atoms. The largest absolute Gasteiger partial charge is 0.464 e. The normalized spacial score (nSPS) is 13.3. The van der Waals surface area contributed by atoms with Crippen LogP contribution in [0.5, 0.6) is 0 Å². The van der Waals surface area contributed by atoms with Gasteiger partial charge >= 0.3 is 11.0 Å². The lowest BCUT2D eigenvalue weighted by Crippen LogP contribution is -2.31. The molecular formula is C9H12ClFN2O4S. The maximum Gasteiger partial charge on any atom is 0.342 e. The summed E-state index contributed by atoms with van der Waals surface area (Å²) >= 11 is 0.831. The van der Waals surface area contributed by atoms with Crippen molar-refractivity contribution < 1.29 is 18.8 Å². The highest BCUT2D eigenvalue weighted by Crippen LogP contribution is 2.28. The average Bonchev–Trinajstić information content (AvgIpc) is 2.76. The lowest BCUT2D eigenvalue weighted by Gasteiger charge is -2.13. The third-order valence-corrected chi connectivity index (χ3v) is 2.90. The molecule has 1 heterocycles. The van der Waals surface area contributed by atoms with Gasteiger partial charge in [0.25, 0.3) is 0 Å². The van der Waals surface area contributed by atoms with Gasteiger partial charge in [0, 0.05) is 11.4 Å². The monoisotopic (exact) mass is 298 g/mol. The zero-order valence-corrected chi connectivity index (χ0v) is 11.0. The minimum Gasteiger partial charge on any atom is -0.464 e. The number of ether oxygens (including phenoxy) is 1. The first-order valence-electron chi connectivity index (χ1n) is 4.76. The summed E-state index contributed by atoms with van der Waals surface area (Å²) in [4.78, 5) is 20.9. The number of carbonyl (C=O) groups is 1. The van der Waals surface area contributed by atoms with E-state index in [1.165, 1.54) is 5.38 Å². The first kappa shape index (κ1) is 16.8. The van der Waals surface area contributed by atoms with Crippen molar-refractivity contribution in [2.24, 2.45) is 5.73 Å². The van der Waals surface area contributed by atoms with Crippen LogP contribution in [0.3, 0.4) is 0 Å². The molecule has 2 atom stereocenters. The van der Waals surface area contributed by atoms with Gasteiger partial charge in [-0.15, -0.1) is 12.4 Å². The van der Waals surface area contributed by atoms with Crippen molar-refractivity contribution in [1.29, 1.82) is 0 Å². The van der Waals surface area contributed by atoms with Crippen LogP contribution in [0.25, 0.3) is 0 Å². The average molecular weight is 299 g/mol. The fraction of sp³-hybridized carbons (Fsp3) is 0.444. The summed E-state index contributed by atoms with van der Waals surface area (Å²) < 4.78 is 18.0. The third-order valence-electron chi connectivity index (χ3n) is 2.00. The first-order valence-corrected chi connectivity index (χ1v) is 5.64. The molecule has 1 unspecified atom stereocenters. The lowest BCUT2D eigenvalue weighted by atomic mass is 10.1. The van der Waals surface area contributed by atoms with Crippen molar-refractivity contribution in [3.63, 3.8) is 0 Å². The standard InChI is InChI=1S/C9H11FN2O4S.ClH/c1-2-16-9(13)7(10)8(11)5-3-6(12(14)15)17-4-5;/h3-4,7-8H,2,11H2,1H3;1H/t7?,8-;/m1./s1. The highest BCUT2D eigenvalue weighted by Gasteiger charge is 2.29. The molecule has 6 nitrogen and oxygen atoms in total. The molecule has 0 aromatic carbocycles. The molecule has 0 spiro atoms. The zero-order valence-electron chi connectivity index (χ0n) is 9.37. The van der Waals surface area contributed by atoms with Gasteiger partial charge in [-0.3, -0.25) is 10.1 Å². The number of hydrogen-bond acceptors (Lipinski definition) is 6. The van der Waals surface area contributed by atoms with Crippen LogP contribution in [0.2, 0.25) is 0 Å². The molecule has 1 aromatic rings. The predicted molar refractivity (Wildman–Crippen MR) is 66.7 cm³/mol. The molecule has 18 heavy (non-hydrogen) atoms. The van der Waals surface area contributed by atoms with Gasteiger partial charge in [-0.25, -0.2) is 9.18 Å². The van der Waals surface area contributed by atoms with E-state index in [0.29, 0.717) is 0 Å². The summed E-state index contributed by atoms with van der Waals surface area (Å²) in [6, 6.07) is -0.0970. The molecule has 2 N–H and O–H groups in total. The van der Waals surface area contributed by atoms with E-state index in [2.05, 4.69) is 4.74 Å². The summed E-state index contributed by atoms with van der Waals surface area (Å²) in [6.45, 7) is 1.60. The van der Waals surface area contributed by atoms with Gasteiger partial charge in [0.1, 0.15) is 0 Å². The minimum atomic E-state index is -2.02. The SMILES string of the molecule is CCOC(=O)C(F)[C@H](N)c1csc([N+](=O)[O-])c1.Cl. The van der Waals surface area contributed by atoms with Crippen LogP contribution in [-0.2, 0) is 9.53 Å². The fourth-order valence-corrected chi connectivity index (χ4v) is 1.92. The van der Waals surface area contributed by atoms with Crippen LogP contribution in [0.15, 0.2) is 11.4 Å². The number of rotatable bonds is 5. The molecule has 0 fully saturated rings. The highest BCUT2D eigenvalue weighted by atomic mass is 35.5. The topological polar surface area (TPSA) is 95.5 Å². The van der Waals surface area contributed by atoms with Crippen molar-refractivity contribution in [3.05, 3.63) is 27.1 Å². The number of alkyl halides is 1. The summed E-state index contributed by atoms with van der Waals surface area (Å²) in [6.07, 6.45) is -2.02. The predicted octanol–water partition coefficient (Wildman–Crippen LogP) is 1.98. The number of esters is 1. The van der Waals surface area contributed by atoms with Crippen LogP contribution in [0, 0.1) is 10.1 Å². The van der Waals surface area contributed by atoms with E-state index >= 15 is 0 Å². The van der Waals surface area contributed by atoms with Gasteiger partial charge in [0.15, 0.2) is 0 Å². The van der Waals surface area contributed by atoms with Crippen LogP contribution in [0.4, 0.5) is 9.39 Å². The zero-order chi connectivity index (χ0) is 13.0. The molecule has 0 amide bonds. The maximum absolute atomic E-state index is 13.5. The Balaban J connectivity index is 0.00000289. The van der Waals surface area contributed by atoms with Crippen LogP contribution < -0.4 is 5.73 Å². The Labute approximate surface area is 112 Å². The second-order valence-corrected chi connectivity index (χ2v) is 4.04. The third kappa shape index (κ3) is 3.90. The van der Waals surface area contributed by atoms with E-state index in [1.54, 1.807) is 6.92 Å². The summed E-state index contributed by atoms with van der Waals surface area (Å²) in [7, 11) is 0. The summed E-state index contributed by atoms with van der Waals surface area (Å²) in [5.41, 5.74) is 5.70. The quantitative estimate of drug-likeness (QED) is 0.509. The molecule has 0 radical (unpaired) electrons. The molecule has 102 valence electrons. The van der Waals surface area contributed by atoms with Gasteiger partial charge in [-0.2, -0.15) is 0 Å². The molecule has 0 saturated heterocycles. The summed E-state index contributed by atoms with van der Waals surface area (Å²) in [5.74, 6) is -1.06. The Bertz CT molecular complexity index is 428. The van der Waals surface area contributed by atoms with Crippen molar-refractivity contribution in [1.82, 2.24) is 0 Å². The molecule has 0 aliphatic rings. The van der Waals surface area contributed by atoms with Crippen LogP contribution in [-0.4, -0.2) is 23.7 Å². The van der Waals surface area contributed by atoms with Crippen molar-refractivity contribution in [2.45, 2.75) is 19.1 Å². The lowest BCUT2D eigenvalue weighted by molar-refractivity contribution is -0.380. The minimum absolute atomic E-state index is 0.